The third-order valence-corrected chi connectivity index (χ3v) is 3.03. The number of nitrogens with zero attached hydrogens (tertiary/aromatic N) is 2. The summed E-state index contributed by atoms with van der Waals surface area (Å²) in [4.78, 5) is 4.66. The zero-order chi connectivity index (χ0) is 11.9. The number of fused-ring (bicyclic) bond motifs is 1. The van der Waals surface area contributed by atoms with Crippen LogP contribution in [0.1, 0.15) is 50.9 Å². The van der Waals surface area contributed by atoms with Crippen LogP contribution in [-0.4, -0.2) is 9.55 Å². The maximum atomic E-state index is 4.66. The maximum absolute atomic E-state index is 4.66. The molecule has 2 nitrogen and oxygen atoms in total. The van der Waals surface area contributed by atoms with Crippen molar-refractivity contribution in [1.29, 1.82) is 0 Å². The Kier molecular flexibility index (Phi) is 2.75. The van der Waals surface area contributed by atoms with E-state index in [2.05, 4.69) is 55.6 Å². The molecule has 16 heavy (non-hydrogen) atoms. The van der Waals surface area contributed by atoms with Crippen molar-refractivity contribution in [1.82, 2.24) is 9.55 Å². The lowest BCUT2D eigenvalue weighted by atomic mass is 10.0. The Morgan fingerprint density at radius 3 is 2.38 bits per heavy atom. The molecule has 0 radical (unpaired) electrons. The first-order valence-corrected chi connectivity index (χ1v) is 5.98. The summed E-state index contributed by atoms with van der Waals surface area (Å²) in [5.41, 5.74) is 3.61. The van der Waals surface area contributed by atoms with Crippen LogP contribution in [0.4, 0.5) is 0 Å². The molecule has 0 aliphatic carbocycles. The van der Waals surface area contributed by atoms with E-state index in [1.807, 2.05) is 6.92 Å². The number of pyridine rings is 1. The Balaban J connectivity index is 2.76. The fraction of sp³-hybridized carbons (Fsp3) is 0.500. The monoisotopic (exact) mass is 216 g/mol. The molecular formula is C14H20N2. The highest BCUT2D eigenvalue weighted by atomic mass is 15.0. The molecule has 2 rings (SSSR count). The van der Waals surface area contributed by atoms with Gasteiger partial charge in [0.05, 0.1) is 0 Å². The van der Waals surface area contributed by atoms with Crippen molar-refractivity contribution in [2.24, 2.45) is 0 Å². The molecule has 0 saturated carbocycles. The summed E-state index contributed by atoms with van der Waals surface area (Å²) in [6.45, 7) is 10.9. The molecule has 0 spiro atoms. The van der Waals surface area contributed by atoms with Crippen molar-refractivity contribution in [3.8, 4) is 0 Å². The lowest BCUT2D eigenvalue weighted by molar-refractivity contribution is 0.614. The Hall–Kier alpha value is -1.31. The number of aromatic nitrogens is 2. The summed E-state index contributed by atoms with van der Waals surface area (Å²) in [5.74, 6) is 0.548. The molecule has 0 unspecified atom stereocenters. The number of rotatable bonds is 2. The van der Waals surface area contributed by atoms with Crippen LogP contribution < -0.4 is 0 Å². The fourth-order valence-electron chi connectivity index (χ4n) is 2.10. The molecule has 0 N–H and O–H groups in total. The van der Waals surface area contributed by atoms with Crippen molar-refractivity contribution >= 4 is 11.0 Å². The quantitative estimate of drug-likeness (QED) is 0.740. The fourth-order valence-corrected chi connectivity index (χ4v) is 2.10. The zero-order valence-corrected chi connectivity index (χ0v) is 10.8. The van der Waals surface area contributed by atoms with E-state index in [1.165, 1.54) is 10.9 Å². The van der Waals surface area contributed by atoms with Gasteiger partial charge in [-0.1, -0.05) is 13.8 Å². The van der Waals surface area contributed by atoms with Crippen LogP contribution in [0.3, 0.4) is 0 Å². The lowest BCUT2D eigenvalue weighted by Gasteiger charge is -2.08. The van der Waals surface area contributed by atoms with Crippen LogP contribution in [0.25, 0.3) is 11.0 Å². The van der Waals surface area contributed by atoms with Gasteiger partial charge in [0.15, 0.2) is 0 Å². The molecule has 2 aromatic heterocycles. The summed E-state index contributed by atoms with van der Waals surface area (Å²) < 4.78 is 2.28. The van der Waals surface area contributed by atoms with Crippen LogP contribution in [-0.2, 0) is 0 Å². The Morgan fingerprint density at radius 1 is 1.12 bits per heavy atom. The second kappa shape index (κ2) is 3.93. The van der Waals surface area contributed by atoms with Crippen molar-refractivity contribution in [2.45, 2.75) is 46.6 Å². The molecule has 0 aliphatic rings. The third-order valence-electron chi connectivity index (χ3n) is 3.03. The molecular weight excluding hydrogens is 196 g/mol. The molecule has 0 bridgehead atoms. The highest BCUT2D eigenvalue weighted by molar-refractivity contribution is 5.81. The van der Waals surface area contributed by atoms with E-state index in [0.717, 1.165) is 11.3 Å². The van der Waals surface area contributed by atoms with E-state index in [9.17, 15) is 0 Å². The second-order valence-corrected chi connectivity index (χ2v) is 5.06. The standard InChI is InChI=1S/C14H20N2/c1-9(2)13-8-16(10(3)4)14-12(13)7-6-11(5)15-14/h6-10H,1-5H3. The number of hydrogen-bond acceptors (Lipinski definition) is 1. The van der Waals surface area contributed by atoms with Crippen LogP contribution in [0.15, 0.2) is 18.3 Å². The predicted octanol–water partition coefficient (Wildman–Crippen LogP) is 4.05. The summed E-state index contributed by atoms with van der Waals surface area (Å²) in [7, 11) is 0. The largest absolute Gasteiger partial charge is 0.330 e. The molecule has 0 saturated heterocycles. The smallest absolute Gasteiger partial charge is 0.140 e. The van der Waals surface area contributed by atoms with Gasteiger partial charge in [-0.25, -0.2) is 4.98 Å². The Bertz CT molecular complexity index is 507. The minimum Gasteiger partial charge on any atom is -0.330 e. The molecule has 2 aromatic rings. The predicted molar refractivity (Wildman–Crippen MR) is 68.9 cm³/mol. The molecule has 0 amide bonds. The number of hydrogen-bond donors (Lipinski definition) is 0. The van der Waals surface area contributed by atoms with E-state index in [4.69, 9.17) is 0 Å². The SMILES string of the molecule is Cc1ccc2c(C(C)C)cn(C(C)C)c2n1. The first-order valence-electron chi connectivity index (χ1n) is 5.98. The van der Waals surface area contributed by atoms with E-state index < -0.39 is 0 Å². The molecule has 86 valence electrons. The summed E-state index contributed by atoms with van der Waals surface area (Å²) in [6, 6.07) is 4.76. The van der Waals surface area contributed by atoms with Crippen LogP contribution >= 0.6 is 0 Å². The minimum absolute atomic E-state index is 0.462. The van der Waals surface area contributed by atoms with Crippen LogP contribution in [0, 0.1) is 6.92 Å². The van der Waals surface area contributed by atoms with E-state index in [-0.39, 0.29) is 0 Å². The van der Waals surface area contributed by atoms with Crippen molar-refractivity contribution in [3.05, 3.63) is 29.6 Å². The highest BCUT2D eigenvalue weighted by Gasteiger charge is 2.13. The zero-order valence-electron chi connectivity index (χ0n) is 10.8. The van der Waals surface area contributed by atoms with Gasteiger partial charge in [0.2, 0.25) is 0 Å². The number of aryl methyl sites for hydroxylation is 1. The highest BCUT2D eigenvalue weighted by Crippen LogP contribution is 2.28. The molecule has 0 aliphatic heterocycles. The van der Waals surface area contributed by atoms with Gasteiger partial charge in [-0.2, -0.15) is 0 Å². The van der Waals surface area contributed by atoms with Crippen LogP contribution in [0.5, 0.6) is 0 Å². The Morgan fingerprint density at radius 2 is 1.81 bits per heavy atom. The van der Waals surface area contributed by atoms with E-state index >= 15 is 0 Å². The second-order valence-electron chi connectivity index (χ2n) is 5.06. The van der Waals surface area contributed by atoms with Gasteiger partial charge < -0.3 is 4.57 Å². The van der Waals surface area contributed by atoms with E-state index in [1.54, 1.807) is 0 Å². The van der Waals surface area contributed by atoms with Gasteiger partial charge in [-0.3, -0.25) is 0 Å². The van der Waals surface area contributed by atoms with Crippen molar-refractivity contribution in [2.75, 3.05) is 0 Å². The molecule has 0 fully saturated rings. The Labute approximate surface area is 97.3 Å². The van der Waals surface area contributed by atoms with Crippen molar-refractivity contribution < 1.29 is 0 Å². The van der Waals surface area contributed by atoms with Gasteiger partial charge in [-0.05, 0) is 44.4 Å². The van der Waals surface area contributed by atoms with Crippen molar-refractivity contribution in [3.63, 3.8) is 0 Å². The normalized spacial score (nSPS) is 11.9. The summed E-state index contributed by atoms with van der Waals surface area (Å²) >= 11 is 0. The topological polar surface area (TPSA) is 17.8 Å². The summed E-state index contributed by atoms with van der Waals surface area (Å²) in [6.07, 6.45) is 2.26. The molecule has 2 heteroatoms. The first kappa shape index (κ1) is 11.2. The third kappa shape index (κ3) is 1.73. The average Bonchev–Trinajstić information content (AvgIpc) is 2.56. The molecule has 2 heterocycles. The maximum Gasteiger partial charge on any atom is 0.140 e. The van der Waals surface area contributed by atoms with Gasteiger partial charge in [0.1, 0.15) is 5.65 Å². The first-order chi connectivity index (χ1) is 7.50. The van der Waals surface area contributed by atoms with Gasteiger partial charge >= 0.3 is 0 Å². The van der Waals surface area contributed by atoms with Gasteiger partial charge in [0.25, 0.3) is 0 Å². The molecule has 0 aromatic carbocycles. The minimum atomic E-state index is 0.462. The van der Waals surface area contributed by atoms with Crippen LogP contribution in [0.2, 0.25) is 0 Å². The van der Waals surface area contributed by atoms with Gasteiger partial charge in [0, 0.05) is 23.3 Å². The average molecular weight is 216 g/mol. The lowest BCUT2D eigenvalue weighted by Crippen LogP contribution is -2.00. The van der Waals surface area contributed by atoms with Gasteiger partial charge in [-0.15, -0.1) is 0 Å². The molecule has 0 atom stereocenters. The summed E-state index contributed by atoms with van der Waals surface area (Å²) in [5, 5.41) is 1.30. The van der Waals surface area contributed by atoms with E-state index in [0.29, 0.717) is 12.0 Å².